The summed E-state index contributed by atoms with van der Waals surface area (Å²) in [6, 6.07) is 1.70. The Labute approximate surface area is 184 Å². The van der Waals surface area contributed by atoms with Crippen LogP contribution in [0, 0.1) is 12.8 Å². The monoisotopic (exact) mass is 442 g/mol. The number of nitrogens with zero attached hydrogens (tertiary/aromatic N) is 4. The minimum absolute atomic E-state index is 0.0949. The van der Waals surface area contributed by atoms with Gasteiger partial charge in [-0.2, -0.15) is 0 Å². The van der Waals surface area contributed by atoms with Crippen LogP contribution in [0.1, 0.15) is 48.3 Å². The molecule has 10 heteroatoms. The number of carbonyl (C=O) groups is 3. The minimum Gasteiger partial charge on any atom is -0.331 e. The van der Waals surface area contributed by atoms with Crippen LogP contribution in [0.15, 0.2) is 6.07 Å². The van der Waals surface area contributed by atoms with Crippen molar-refractivity contribution in [1.82, 2.24) is 19.8 Å². The van der Waals surface area contributed by atoms with Gasteiger partial charge in [-0.25, -0.2) is 14.8 Å². The zero-order valence-corrected chi connectivity index (χ0v) is 19.1. The molecule has 1 aliphatic heterocycles. The van der Waals surface area contributed by atoms with Crippen LogP contribution in [0.5, 0.6) is 0 Å². The molecule has 0 bridgehead atoms. The zero-order valence-electron chi connectivity index (χ0n) is 18.3. The molecule has 9 nitrogen and oxygen atoms in total. The molecular weight excluding hydrogens is 416 g/mol. The van der Waals surface area contributed by atoms with E-state index in [1.54, 1.807) is 14.1 Å². The molecule has 1 unspecified atom stereocenters. The average Bonchev–Trinajstić information content (AvgIpc) is 3.40. The molecule has 2 aliphatic rings. The van der Waals surface area contributed by atoms with Gasteiger partial charge in [0.05, 0.1) is 21.8 Å². The summed E-state index contributed by atoms with van der Waals surface area (Å²) >= 11 is 1.32. The van der Waals surface area contributed by atoms with Gasteiger partial charge in [-0.3, -0.25) is 14.9 Å². The molecule has 3 heterocycles. The summed E-state index contributed by atoms with van der Waals surface area (Å²) in [5, 5.41) is 5.98. The maximum absolute atomic E-state index is 13.2. The molecular formula is C21H26N6O3S. The van der Waals surface area contributed by atoms with Gasteiger partial charge in [0.1, 0.15) is 5.82 Å². The van der Waals surface area contributed by atoms with Gasteiger partial charge in [0.25, 0.3) is 5.91 Å². The molecule has 2 aromatic rings. The second kappa shape index (κ2) is 7.92. The van der Waals surface area contributed by atoms with Crippen molar-refractivity contribution >= 4 is 40.1 Å². The van der Waals surface area contributed by atoms with E-state index in [1.807, 2.05) is 17.9 Å². The van der Waals surface area contributed by atoms with E-state index in [0.29, 0.717) is 28.9 Å². The number of urea groups is 1. The summed E-state index contributed by atoms with van der Waals surface area (Å²) in [7, 11) is 3.27. The van der Waals surface area contributed by atoms with Gasteiger partial charge in [0, 0.05) is 33.6 Å². The van der Waals surface area contributed by atoms with Crippen LogP contribution in [0.4, 0.5) is 15.7 Å². The number of amides is 4. The van der Waals surface area contributed by atoms with Gasteiger partial charge in [-0.05, 0) is 44.2 Å². The van der Waals surface area contributed by atoms with Crippen molar-refractivity contribution in [3.63, 3.8) is 0 Å². The fourth-order valence-electron chi connectivity index (χ4n) is 3.78. The molecule has 164 valence electrons. The van der Waals surface area contributed by atoms with E-state index in [0.717, 1.165) is 29.0 Å². The van der Waals surface area contributed by atoms with Crippen LogP contribution in [0.25, 0.3) is 10.6 Å². The smallest absolute Gasteiger partial charge is 0.322 e. The van der Waals surface area contributed by atoms with E-state index < -0.39 is 0 Å². The van der Waals surface area contributed by atoms with Crippen molar-refractivity contribution in [2.24, 2.45) is 5.92 Å². The second-order valence-corrected chi connectivity index (χ2v) is 9.34. The highest BCUT2D eigenvalue weighted by atomic mass is 32.1. The lowest BCUT2D eigenvalue weighted by atomic mass is 10.1. The summed E-state index contributed by atoms with van der Waals surface area (Å²) in [5.74, 6) is 0.504. The SMILES string of the molecule is CC(=O)Nc1nc(C)c(-c2cc3c(c(NC(=O)N(C)C)n2)C(=O)N(C(C)C2CC2)C3)s1. The number of hydrogen-bond acceptors (Lipinski definition) is 6. The molecule has 1 aliphatic carbocycles. The Kier molecular flexibility index (Phi) is 5.42. The summed E-state index contributed by atoms with van der Waals surface area (Å²) < 4.78 is 0. The molecule has 1 fully saturated rings. The number of nitrogens with one attached hydrogen (secondary N) is 2. The molecule has 1 saturated carbocycles. The molecule has 0 spiro atoms. The first-order valence-corrected chi connectivity index (χ1v) is 11.1. The Bertz CT molecular complexity index is 1080. The van der Waals surface area contributed by atoms with Crippen molar-refractivity contribution in [2.75, 3.05) is 24.7 Å². The molecule has 0 saturated heterocycles. The number of rotatable bonds is 5. The number of aromatic nitrogens is 2. The number of thiazole rings is 1. The number of fused-ring (bicyclic) bond motifs is 1. The quantitative estimate of drug-likeness (QED) is 0.739. The van der Waals surface area contributed by atoms with Crippen LogP contribution in [-0.2, 0) is 11.3 Å². The summed E-state index contributed by atoms with van der Waals surface area (Å²) in [4.78, 5) is 50.1. The lowest BCUT2D eigenvalue weighted by Gasteiger charge is -2.24. The van der Waals surface area contributed by atoms with Crippen LogP contribution in [-0.4, -0.2) is 57.8 Å². The van der Waals surface area contributed by atoms with E-state index in [2.05, 4.69) is 27.5 Å². The zero-order chi connectivity index (χ0) is 22.4. The van der Waals surface area contributed by atoms with Crippen molar-refractivity contribution in [1.29, 1.82) is 0 Å². The highest BCUT2D eigenvalue weighted by Gasteiger charge is 2.40. The first-order valence-electron chi connectivity index (χ1n) is 10.2. The van der Waals surface area contributed by atoms with E-state index in [1.165, 1.54) is 23.2 Å². The summed E-state index contributed by atoms with van der Waals surface area (Å²) in [6.45, 7) is 5.85. The van der Waals surface area contributed by atoms with Gasteiger partial charge >= 0.3 is 6.03 Å². The van der Waals surface area contributed by atoms with Gasteiger partial charge in [-0.1, -0.05) is 11.3 Å². The second-order valence-electron chi connectivity index (χ2n) is 8.34. The lowest BCUT2D eigenvalue weighted by Crippen LogP contribution is -2.35. The van der Waals surface area contributed by atoms with Crippen LogP contribution in [0.3, 0.4) is 0 Å². The average molecular weight is 443 g/mol. The van der Waals surface area contributed by atoms with Crippen molar-refractivity contribution in [2.45, 2.75) is 46.2 Å². The predicted molar refractivity (Wildman–Crippen MR) is 119 cm³/mol. The van der Waals surface area contributed by atoms with Crippen LogP contribution < -0.4 is 10.6 Å². The normalized spacial score (nSPS) is 16.2. The minimum atomic E-state index is -0.353. The maximum atomic E-state index is 13.2. The molecule has 2 N–H and O–H groups in total. The van der Waals surface area contributed by atoms with Crippen molar-refractivity contribution < 1.29 is 14.4 Å². The third-order valence-electron chi connectivity index (χ3n) is 5.66. The summed E-state index contributed by atoms with van der Waals surface area (Å²) in [5.41, 5.74) is 2.63. The van der Waals surface area contributed by atoms with E-state index in [-0.39, 0.29) is 29.7 Å². The Morgan fingerprint density at radius 3 is 2.58 bits per heavy atom. The molecule has 0 radical (unpaired) electrons. The lowest BCUT2D eigenvalue weighted by molar-refractivity contribution is -0.114. The Morgan fingerprint density at radius 2 is 1.97 bits per heavy atom. The Hall–Kier alpha value is -3.01. The predicted octanol–water partition coefficient (Wildman–Crippen LogP) is 3.32. The standard InChI is InChI=1S/C21H26N6O3S/c1-10-17(31-20(22-10)23-12(3)28)15-8-14-9-27(11(2)13-6-7-13)19(29)16(14)18(24-15)25-21(30)26(4)5/h8,11,13H,6-7,9H2,1-5H3,(H,22,23,28)(H,24,25,30). The van der Waals surface area contributed by atoms with E-state index in [4.69, 9.17) is 0 Å². The number of carbonyl (C=O) groups excluding carboxylic acids is 3. The molecule has 4 amide bonds. The van der Waals surface area contributed by atoms with Crippen molar-refractivity contribution in [3.05, 3.63) is 22.9 Å². The first kappa shape index (κ1) is 21.2. The van der Waals surface area contributed by atoms with Gasteiger partial charge < -0.3 is 15.1 Å². The molecule has 2 aromatic heterocycles. The molecule has 4 rings (SSSR count). The Balaban J connectivity index is 1.76. The highest BCUT2D eigenvalue weighted by molar-refractivity contribution is 7.19. The molecule has 0 aromatic carbocycles. The fourth-order valence-corrected chi connectivity index (χ4v) is 4.75. The maximum Gasteiger partial charge on any atom is 0.322 e. The molecule has 31 heavy (non-hydrogen) atoms. The highest BCUT2D eigenvalue weighted by Crippen LogP contribution is 2.41. The van der Waals surface area contributed by atoms with Gasteiger partial charge in [0.2, 0.25) is 5.91 Å². The van der Waals surface area contributed by atoms with Crippen molar-refractivity contribution in [3.8, 4) is 10.6 Å². The van der Waals surface area contributed by atoms with E-state index >= 15 is 0 Å². The van der Waals surface area contributed by atoms with Crippen LogP contribution >= 0.6 is 11.3 Å². The fraction of sp³-hybridized carbons (Fsp3) is 0.476. The largest absolute Gasteiger partial charge is 0.331 e. The number of hydrogen-bond donors (Lipinski definition) is 2. The third kappa shape index (κ3) is 4.12. The molecule has 1 atom stereocenters. The Morgan fingerprint density at radius 1 is 1.26 bits per heavy atom. The van der Waals surface area contributed by atoms with Crippen LogP contribution in [0.2, 0.25) is 0 Å². The first-order chi connectivity index (χ1) is 14.7. The number of pyridine rings is 1. The topological polar surface area (TPSA) is 108 Å². The number of anilines is 2. The van der Waals surface area contributed by atoms with Gasteiger partial charge in [-0.15, -0.1) is 0 Å². The third-order valence-corrected chi connectivity index (χ3v) is 6.75. The van der Waals surface area contributed by atoms with E-state index in [9.17, 15) is 14.4 Å². The number of aryl methyl sites for hydroxylation is 1. The van der Waals surface area contributed by atoms with Gasteiger partial charge in [0.15, 0.2) is 5.13 Å². The summed E-state index contributed by atoms with van der Waals surface area (Å²) in [6.07, 6.45) is 2.28.